The summed E-state index contributed by atoms with van der Waals surface area (Å²) in [4.78, 5) is 34.6. The van der Waals surface area contributed by atoms with E-state index < -0.39 is 52.6 Å². The van der Waals surface area contributed by atoms with Crippen LogP contribution >= 0.6 is 11.3 Å². The molecule has 11 heteroatoms. The minimum atomic E-state index is -4.57. The van der Waals surface area contributed by atoms with E-state index in [1.807, 2.05) is 0 Å². The molecule has 0 saturated carbocycles. The Balaban J connectivity index is 2.89. The number of fused-ring (bicyclic) bond motifs is 1. The van der Waals surface area contributed by atoms with Gasteiger partial charge in [-0.2, -0.15) is 13.2 Å². The lowest BCUT2D eigenvalue weighted by atomic mass is 10.2. The monoisotopic (exact) mass is 370 g/mol. The van der Waals surface area contributed by atoms with Crippen LogP contribution in [0.2, 0.25) is 0 Å². The standard InChI is InChI=1S/C13H11F5N2O3S/c1-2-19-10(22)8-7(9(14)15)6(5-21)24-11(8)20(12(19)23)4-3-13(16,17)18/h5,9H,2-4H2,1H3. The summed E-state index contributed by atoms with van der Waals surface area (Å²) >= 11 is 0.411. The molecule has 0 aliphatic rings. The zero-order valence-electron chi connectivity index (χ0n) is 12.2. The van der Waals surface area contributed by atoms with Gasteiger partial charge >= 0.3 is 11.9 Å². The van der Waals surface area contributed by atoms with E-state index in [-0.39, 0.29) is 17.7 Å². The minimum absolute atomic E-state index is 0.0977. The van der Waals surface area contributed by atoms with E-state index in [4.69, 9.17) is 0 Å². The first kappa shape index (κ1) is 18.3. The van der Waals surface area contributed by atoms with Crippen LogP contribution in [0, 0.1) is 0 Å². The lowest BCUT2D eigenvalue weighted by Crippen LogP contribution is -2.40. The van der Waals surface area contributed by atoms with Gasteiger partial charge in [0.2, 0.25) is 0 Å². The predicted molar refractivity (Wildman–Crippen MR) is 77.0 cm³/mol. The second-order valence-corrected chi connectivity index (χ2v) is 5.86. The maximum atomic E-state index is 13.2. The molecule has 0 bridgehead atoms. The SMILES string of the molecule is CCn1c(=O)c2c(C(F)F)c(C=O)sc2n(CCC(F)(F)F)c1=O. The Morgan fingerprint density at radius 3 is 2.29 bits per heavy atom. The van der Waals surface area contributed by atoms with E-state index in [1.165, 1.54) is 6.92 Å². The third kappa shape index (κ3) is 3.12. The number of carbonyl (C=O) groups excluding carboxylic acids is 1. The number of halogens is 5. The van der Waals surface area contributed by atoms with Gasteiger partial charge in [-0.3, -0.25) is 18.7 Å². The van der Waals surface area contributed by atoms with Crippen molar-refractivity contribution in [1.29, 1.82) is 0 Å². The highest BCUT2D eigenvalue weighted by Gasteiger charge is 2.30. The fourth-order valence-electron chi connectivity index (χ4n) is 2.32. The maximum absolute atomic E-state index is 13.2. The van der Waals surface area contributed by atoms with E-state index in [2.05, 4.69) is 0 Å². The second kappa shape index (κ2) is 6.46. The molecule has 0 aromatic carbocycles. The predicted octanol–water partition coefficient (Wildman–Crippen LogP) is 2.95. The summed E-state index contributed by atoms with van der Waals surface area (Å²) in [7, 11) is 0. The van der Waals surface area contributed by atoms with Gasteiger partial charge in [-0.15, -0.1) is 11.3 Å². The van der Waals surface area contributed by atoms with Crippen molar-refractivity contribution in [3.05, 3.63) is 31.3 Å². The number of aromatic nitrogens is 2. The lowest BCUT2D eigenvalue weighted by Gasteiger charge is -2.12. The van der Waals surface area contributed by atoms with Gasteiger partial charge in [0.1, 0.15) is 4.83 Å². The van der Waals surface area contributed by atoms with Crippen LogP contribution in [0.1, 0.15) is 35.0 Å². The first-order valence-corrected chi connectivity index (χ1v) is 7.54. The highest BCUT2D eigenvalue weighted by Crippen LogP contribution is 2.34. The molecule has 0 unspecified atom stereocenters. The van der Waals surface area contributed by atoms with Crippen LogP contribution in [0.5, 0.6) is 0 Å². The number of thiophene rings is 1. The lowest BCUT2D eigenvalue weighted by molar-refractivity contribution is -0.136. The molecular weight excluding hydrogens is 359 g/mol. The average molecular weight is 370 g/mol. The summed E-state index contributed by atoms with van der Waals surface area (Å²) in [5.41, 5.74) is -2.92. The van der Waals surface area contributed by atoms with Crippen molar-refractivity contribution < 1.29 is 26.7 Å². The third-order valence-corrected chi connectivity index (χ3v) is 4.54. The number of alkyl halides is 5. The summed E-state index contributed by atoms with van der Waals surface area (Å²) in [6.45, 7) is 0.354. The highest BCUT2D eigenvalue weighted by molar-refractivity contribution is 7.20. The van der Waals surface area contributed by atoms with Gasteiger partial charge < -0.3 is 0 Å². The van der Waals surface area contributed by atoms with Crippen molar-refractivity contribution >= 4 is 27.8 Å². The van der Waals surface area contributed by atoms with Crippen LogP contribution in [0.3, 0.4) is 0 Å². The molecule has 0 N–H and O–H groups in total. The van der Waals surface area contributed by atoms with E-state index in [0.717, 1.165) is 0 Å². The summed E-state index contributed by atoms with van der Waals surface area (Å²) in [5.74, 6) is 0. The number of hydrogen-bond acceptors (Lipinski definition) is 4. The van der Waals surface area contributed by atoms with Crippen molar-refractivity contribution in [2.45, 2.75) is 39.0 Å². The first-order chi connectivity index (χ1) is 11.1. The van der Waals surface area contributed by atoms with Gasteiger partial charge in [0.15, 0.2) is 6.29 Å². The largest absolute Gasteiger partial charge is 0.390 e. The zero-order chi connectivity index (χ0) is 18.2. The highest BCUT2D eigenvalue weighted by atomic mass is 32.1. The molecular formula is C13H11F5N2O3S. The van der Waals surface area contributed by atoms with Crippen molar-refractivity contribution in [1.82, 2.24) is 9.13 Å². The van der Waals surface area contributed by atoms with Gasteiger partial charge in [-0.1, -0.05) is 0 Å². The maximum Gasteiger partial charge on any atom is 0.390 e. The van der Waals surface area contributed by atoms with Crippen molar-refractivity contribution in [2.24, 2.45) is 0 Å². The number of nitrogens with zero attached hydrogens (tertiary/aromatic N) is 2. The molecule has 0 aliphatic carbocycles. The fraction of sp³-hybridized carbons (Fsp3) is 0.462. The van der Waals surface area contributed by atoms with Crippen molar-refractivity contribution in [3.63, 3.8) is 0 Å². The normalized spacial score (nSPS) is 12.3. The van der Waals surface area contributed by atoms with Gasteiger partial charge in [-0.25, -0.2) is 13.6 Å². The molecule has 24 heavy (non-hydrogen) atoms. The van der Waals surface area contributed by atoms with Gasteiger partial charge in [0.25, 0.3) is 12.0 Å². The van der Waals surface area contributed by atoms with Crippen molar-refractivity contribution in [3.8, 4) is 0 Å². The van der Waals surface area contributed by atoms with Crippen molar-refractivity contribution in [2.75, 3.05) is 0 Å². The summed E-state index contributed by atoms with van der Waals surface area (Å²) in [6, 6.07) is 0. The number of aryl methyl sites for hydroxylation is 1. The van der Waals surface area contributed by atoms with Crippen LogP contribution in [-0.2, 0) is 13.1 Å². The molecule has 2 aromatic rings. The van der Waals surface area contributed by atoms with Crippen LogP contribution in [-0.4, -0.2) is 21.6 Å². The Bertz CT molecular complexity index is 894. The Hall–Kier alpha value is -2.04. The Morgan fingerprint density at radius 2 is 1.83 bits per heavy atom. The summed E-state index contributed by atoms with van der Waals surface area (Å²) < 4.78 is 65.0. The van der Waals surface area contributed by atoms with Crippen LogP contribution in [0.15, 0.2) is 9.59 Å². The molecule has 0 saturated heterocycles. The molecule has 0 radical (unpaired) electrons. The number of hydrogen-bond donors (Lipinski definition) is 0. The van der Waals surface area contributed by atoms with E-state index in [1.54, 1.807) is 0 Å². The van der Waals surface area contributed by atoms with Gasteiger partial charge in [-0.05, 0) is 6.92 Å². The van der Waals surface area contributed by atoms with E-state index in [0.29, 0.717) is 20.5 Å². The third-order valence-electron chi connectivity index (χ3n) is 3.38. The Labute approximate surface area is 134 Å². The molecule has 2 aromatic heterocycles. The average Bonchev–Trinajstić information content (AvgIpc) is 2.86. The van der Waals surface area contributed by atoms with Gasteiger partial charge in [0, 0.05) is 13.1 Å². The topological polar surface area (TPSA) is 61.1 Å². The summed E-state index contributed by atoms with van der Waals surface area (Å²) in [5, 5.41) is -0.583. The Morgan fingerprint density at radius 1 is 1.21 bits per heavy atom. The molecule has 0 atom stereocenters. The number of carbonyl (C=O) groups is 1. The van der Waals surface area contributed by atoms with E-state index in [9.17, 15) is 36.3 Å². The smallest absolute Gasteiger partial charge is 0.297 e. The quantitative estimate of drug-likeness (QED) is 0.601. The summed E-state index contributed by atoms with van der Waals surface area (Å²) in [6.07, 6.45) is -9.02. The second-order valence-electron chi connectivity index (χ2n) is 4.83. The molecule has 2 heterocycles. The minimum Gasteiger partial charge on any atom is -0.297 e. The molecule has 0 fully saturated rings. The van der Waals surface area contributed by atoms with E-state index >= 15 is 0 Å². The first-order valence-electron chi connectivity index (χ1n) is 6.72. The van der Waals surface area contributed by atoms with Crippen LogP contribution < -0.4 is 11.2 Å². The number of aldehydes is 1. The molecule has 0 aliphatic heterocycles. The molecule has 132 valence electrons. The van der Waals surface area contributed by atoms with Crippen LogP contribution in [0.25, 0.3) is 10.2 Å². The molecule has 0 amide bonds. The zero-order valence-corrected chi connectivity index (χ0v) is 13.0. The number of rotatable bonds is 5. The van der Waals surface area contributed by atoms with Gasteiger partial charge in [0.05, 0.1) is 22.2 Å². The Kier molecular flexibility index (Phi) is 4.92. The fourth-order valence-corrected chi connectivity index (χ4v) is 3.45. The molecule has 2 rings (SSSR count). The molecule has 5 nitrogen and oxygen atoms in total. The van der Waals surface area contributed by atoms with Crippen LogP contribution in [0.4, 0.5) is 22.0 Å². The molecule has 0 spiro atoms.